The van der Waals surface area contributed by atoms with Gasteiger partial charge in [0.25, 0.3) is 0 Å². The summed E-state index contributed by atoms with van der Waals surface area (Å²) in [5.41, 5.74) is 7.22. The van der Waals surface area contributed by atoms with Crippen molar-refractivity contribution in [2.24, 2.45) is 17.6 Å². The Balaban J connectivity index is 2.16. The van der Waals surface area contributed by atoms with Gasteiger partial charge in [-0.3, -0.25) is 0 Å². The van der Waals surface area contributed by atoms with E-state index in [1.165, 1.54) is 25.0 Å². The summed E-state index contributed by atoms with van der Waals surface area (Å²) in [6, 6.07) is 0.598. The Morgan fingerprint density at radius 3 is 3.00 bits per heavy atom. The van der Waals surface area contributed by atoms with Crippen molar-refractivity contribution in [2.75, 3.05) is 6.54 Å². The topological polar surface area (TPSA) is 43.8 Å². The van der Waals surface area contributed by atoms with Gasteiger partial charge in [0.15, 0.2) is 0 Å². The van der Waals surface area contributed by atoms with Crippen LogP contribution in [-0.2, 0) is 6.42 Å². The lowest BCUT2D eigenvalue weighted by Crippen LogP contribution is -2.22. The fourth-order valence-electron chi connectivity index (χ4n) is 2.87. The standard InChI is InChI=1S/C13H23N3/c1-10(2)6-12-8-15-9-16(12)13-5-3-4-11(13)7-14/h8-11,13H,3-7,14H2,1-2H3. The molecule has 2 N–H and O–H groups in total. The van der Waals surface area contributed by atoms with Crippen LogP contribution < -0.4 is 5.73 Å². The Morgan fingerprint density at radius 1 is 1.50 bits per heavy atom. The lowest BCUT2D eigenvalue weighted by Gasteiger charge is -2.22. The number of imidazole rings is 1. The second-order valence-corrected chi connectivity index (χ2v) is 5.38. The first-order valence-corrected chi connectivity index (χ1v) is 6.43. The summed E-state index contributed by atoms with van der Waals surface area (Å²) in [5, 5.41) is 0. The van der Waals surface area contributed by atoms with Crippen molar-refractivity contribution in [3.8, 4) is 0 Å². The molecule has 1 aliphatic rings. The average molecular weight is 221 g/mol. The predicted molar refractivity (Wildman–Crippen MR) is 66.2 cm³/mol. The second-order valence-electron chi connectivity index (χ2n) is 5.38. The van der Waals surface area contributed by atoms with E-state index in [4.69, 9.17) is 5.73 Å². The number of hydrogen-bond donors (Lipinski definition) is 1. The first-order chi connectivity index (χ1) is 7.72. The van der Waals surface area contributed by atoms with E-state index in [1.54, 1.807) is 0 Å². The zero-order valence-electron chi connectivity index (χ0n) is 10.4. The van der Waals surface area contributed by atoms with Gasteiger partial charge >= 0.3 is 0 Å². The fourth-order valence-corrected chi connectivity index (χ4v) is 2.87. The molecule has 16 heavy (non-hydrogen) atoms. The molecule has 1 aliphatic carbocycles. The van der Waals surface area contributed by atoms with Crippen LogP contribution in [0.5, 0.6) is 0 Å². The highest BCUT2D eigenvalue weighted by Gasteiger charge is 2.28. The Bertz CT molecular complexity index is 330. The summed E-state index contributed by atoms with van der Waals surface area (Å²) in [5.74, 6) is 1.34. The van der Waals surface area contributed by atoms with Gasteiger partial charge in [0.1, 0.15) is 0 Å². The van der Waals surface area contributed by atoms with Crippen LogP contribution in [0.2, 0.25) is 0 Å². The lowest BCUT2D eigenvalue weighted by molar-refractivity contribution is 0.375. The Morgan fingerprint density at radius 2 is 2.31 bits per heavy atom. The number of rotatable bonds is 4. The minimum Gasteiger partial charge on any atom is -0.331 e. The molecule has 0 aliphatic heterocycles. The third-order valence-electron chi connectivity index (χ3n) is 3.64. The molecule has 1 heterocycles. The van der Waals surface area contributed by atoms with Gasteiger partial charge in [0.2, 0.25) is 0 Å². The van der Waals surface area contributed by atoms with Crippen LogP contribution in [0.1, 0.15) is 44.8 Å². The molecule has 1 fully saturated rings. The maximum Gasteiger partial charge on any atom is 0.0950 e. The highest BCUT2D eigenvalue weighted by Crippen LogP contribution is 2.35. The molecule has 0 saturated heterocycles. The molecule has 1 aromatic rings. The van der Waals surface area contributed by atoms with E-state index in [9.17, 15) is 0 Å². The van der Waals surface area contributed by atoms with Gasteiger partial charge in [0, 0.05) is 17.9 Å². The van der Waals surface area contributed by atoms with Crippen LogP contribution in [0.3, 0.4) is 0 Å². The maximum absolute atomic E-state index is 5.85. The molecule has 0 radical (unpaired) electrons. The minimum atomic E-state index is 0.598. The van der Waals surface area contributed by atoms with E-state index in [-0.39, 0.29) is 0 Å². The number of nitrogens with zero attached hydrogens (tertiary/aromatic N) is 2. The quantitative estimate of drug-likeness (QED) is 0.848. The molecule has 2 rings (SSSR count). The summed E-state index contributed by atoms with van der Waals surface area (Å²) in [6.45, 7) is 5.32. The van der Waals surface area contributed by atoms with Gasteiger partial charge in [-0.05, 0) is 37.6 Å². The van der Waals surface area contributed by atoms with Gasteiger partial charge in [0.05, 0.1) is 6.33 Å². The van der Waals surface area contributed by atoms with E-state index < -0.39 is 0 Å². The number of aromatic nitrogens is 2. The number of nitrogens with two attached hydrogens (primary N) is 1. The van der Waals surface area contributed by atoms with Gasteiger partial charge in [-0.1, -0.05) is 20.3 Å². The van der Waals surface area contributed by atoms with E-state index in [0.29, 0.717) is 17.9 Å². The van der Waals surface area contributed by atoms with Crippen molar-refractivity contribution in [2.45, 2.75) is 45.6 Å². The zero-order valence-corrected chi connectivity index (χ0v) is 10.4. The summed E-state index contributed by atoms with van der Waals surface area (Å²) < 4.78 is 2.38. The Labute approximate surface area is 98.1 Å². The molecule has 1 saturated carbocycles. The molecule has 3 heteroatoms. The lowest BCUT2D eigenvalue weighted by atomic mass is 10.0. The van der Waals surface area contributed by atoms with Crippen molar-refractivity contribution >= 4 is 0 Å². The third kappa shape index (κ3) is 2.29. The molecular weight excluding hydrogens is 198 g/mol. The SMILES string of the molecule is CC(C)Cc1cncn1C1CCCC1CN. The molecule has 2 atom stereocenters. The van der Waals surface area contributed by atoms with Crippen LogP contribution in [0.25, 0.3) is 0 Å². The van der Waals surface area contributed by atoms with E-state index >= 15 is 0 Å². The molecular formula is C13H23N3. The second kappa shape index (κ2) is 5.00. The molecule has 0 bridgehead atoms. The Kier molecular flexibility index (Phi) is 3.64. The highest BCUT2D eigenvalue weighted by atomic mass is 15.1. The van der Waals surface area contributed by atoms with Crippen LogP contribution >= 0.6 is 0 Å². The highest BCUT2D eigenvalue weighted by molar-refractivity contribution is 5.03. The smallest absolute Gasteiger partial charge is 0.0950 e. The molecule has 2 unspecified atom stereocenters. The van der Waals surface area contributed by atoms with Gasteiger partial charge in [-0.2, -0.15) is 0 Å². The monoisotopic (exact) mass is 221 g/mol. The zero-order chi connectivity index (χ0) is 11.5. The van der Waals surface area contributed by atoms with E-state index in [1.807, 2.05) is 12.5 Å². The first-order valence-electron chi connectivity index (χ1n) is 6.43. The van der Waals surface area contributed by atoms with Crippen molar-refractivity contribution in [3.05, 3.63) is 18.2 Å². The van der Waals surface area contributed by atoms with Gasteiger partial charge in [-0.15, -0.1) is 0 Å². The predicted octanol–water partition coefficient (Wildman–Crippen LogP) is 2.38. The summed E-state index contributed by atoms with van der Waals surface area (Å²) >= 11 is 0. The maximum atomic E-state index is 5.85. The van der Waals surface area contributed by atoms with Crippen molar-refractivity contribution in [1.82, 2.24) is 9.55 Å². The van der Waals surface area contributed by atoms with Crippen molar-refractivity contribution in [3.63, 3.8) is 0 Å². The van der Waals surface area contributed by atoms with Crippen molar-refractivity contribution in [1.29, 1.82) is 0 Å². The first kappa shape index (κ1) is 11.6. The van der Waals surface area contributed by atoms with Crippen LogP contribution in [0, 0.1) is 11.8 Å². The molecule has 1 aromatic heterocycles. The van der Waals surface area contributed by atoms with Gasteiger partial charge in [-0.25, -0.2) is 4.98 Å². The summed E-state index contributed by atoms with van der Waals surface area (Å²) in [7, 11) is 0. The average Bonchev–Trinajstić information content (AvgIpc) is 2.83. The molecule has 3 nitrogen and oxygen atoms in total. The van der Waals surface area contributed by atoms with Crippen LogP contribution in [0.4, 0.5) is 0 Å². The summed E-state index contributed by atoms with van der Waals surface area (Å²) in [6.07, 6.45) is 8.99. The van der Waals surface area contributed by atoms with E-state index in [2.05, 4.69) is 23.4 Å². The number of hydrogen-bond acceptors (Lipinski definition) is 2. The van der Waals surface area contributed by atoms with Crippen molar-refractivity contribution < 1.29 is 0 Å². The van der Waals surface area contributed by atoms with E-state index in [0.717, 1.165) is 13.0 Å². The van der Waals surface area contributed by atoms with Gasteiger partial charge < -0.3 is 10.3 Å². The third-order valence-corrected chi connectivity index (χ3v) is 3.64. The minimum absolute atomic E-state index is 0.598. The summed E-state index contributed by atoms with van der Waals surface area (Å²) in [4.78, 5) is 4.31. The normalized spacial score (nSPS) is 25.5. The molecule has 0 aromatic carbocycles. The van der Waals surface area contributed by atoms with Crippen LogP contribution in [0.15, 0.2) is 12.5 Å². The molecule has 90 valence electrons. The fraction of sp³-hybridized carbons (Fsp3) is 0.769. The Hall–Kier alpha value is -0.830. The largest absolute Gasteiger partial charge is 0.331 e. The molecule has 0 spiro atoms. The van der Waals surface area contributed by atoms with Crippen LogP contribution in [-0.4, -0.2) is 16.1 Å². The molecule has 0 amide bonds.